The lowest BCUT2D eigenvalue weighted by Gasteiger charge is -2.03. The van der Waals surface area contributed by atoms with Crippen molar-refractivity contribution >= 4 is 10.1 Å². The maximum absolute atomic E-state index is 10.7. The summed E-state index contributed by atoms with van der Waals surface area (Å²) in [7, 11) is -3.47. The third kappa shape index (κ3) is 3.73. The van der Waals surface area contributed by atoms with E-state index in [-0.39, 0.29) is 5.75 Å². The Morgan fingerprint density at radius 1 is 1.36 bits per heavy atom. The molecule has 1 rings (SSSR count). The molecule has 0 aliphatic carbocycles. The van der Waals surface area contributed by atoms with E-state index in [2.05, 4.69) is 4.18 Å². The molecule has 0 aliphatic heterocycles. The topological polar surface area (TPSA) is 75.6 Å². The number of nitrogens with one attached hydrogen (secondary N) is 1. The van der Waals surface area contributed by atoms with Crippen LogP contribution in [-0.4, -0.2) is 19.9 Å². The first-order chi connectivity index (χ1) is 6.51. The van der Waals surface area contributed by atoms with Crippen molar-refractivity contribution in [3.8, 4) is 5.75 Å². The van der Waals surface area contributed by atoms with Gasteiger partial charge in [-0.05, 0) is 17.7 Å². The number of hydroxylamine groups is 1. The molecule has 0 amide bonds. The molecule has 0 aromatic heterocycles. The first kappa shape index (κ1) is 11.0. The summed E-state index contributed by atoms with van der Waals surface area (Å²) >= 11 is 0. The van der Waals surface area contributed by atoms with Crippen molar-refractivity contribution in [2.45, 2.75) is 6.54 Å². The summed E-state index contributed by atoms with van der Waals surface area (Å²) in [5.74, 6) is 0.259. The molecule has 5 nitrogen and oxygen atoms in total. The fourth-order valence-electron chi connectivity index (χ4n) is 0.929. The van der Waals surface area contributed by atoms with Gasteiger partial charge in [0.25, 0.3) is 0 Å². The van der Waals surface area contributed by atoms with E-state index in [0.29, 0.717) is 6.54 Å². The Kier molecular flexibility index (Phi) is 3.45. The second kappa shape index (κ2) is 4.41. The zero-order valence-corrected chi connectivity index (χ0v) is 8.41. The lowest BCUT2D eigenvalue weighted by Crippen LogP contribution is -2.07. The van der Waals surface area contributed by atoms with Gasteiger partial charge in [0.15, 0.2) is 0 Å². The molecule has 0 unspecified atom stereocenters. The first-order valence-electron chi connectivity index (χ1n) is 3.86. The molecule has 2 N–H and O–H groups in total. The SMILES string of the molecule is CS(=O)(=O)Oc1ccc(CNO)cc1. The van der Waals surface area contributed by atoms with Crippen LogP contribution < -0.4 is 9.66 Å². The molecule has 0 spiro atoms. The number of benzene rings is 1. The summed E-state index contributed by atoms with van der Waals surface area (Å²) in [6.45, 7) is 0.305. The summed E-state index contributed by atoms with van der Waals surface area (Å²) in [5, 5.41) is 8.40. The van der Waals surface area contributed by atoms with Gasteiger partial charge in [0.2, 0.25) is 0 Å². The highest BCUT2D eigenvalue weighted by Crippen LogP contribution is 2.13. The molecule has 14 heavy (non-hydrogen) atoms. The minimum atomic E-state index is -3.47. The van der Waals surface area contributed by atoms with Crippen LogP contribution in [-0.2, 0) is 16.7 Å². The molecule has 6 heteroatoms. The van der Waals surface area contributed by atoms with Gasteiger partial charge < -0.3 is 9.39 Å². The Bertz CT molecular complexity index is 384. The Balaban J connectivity index is 2.74. The molecule has 0 aliphatic rings. The summed E-state index contributed by atoms with van der Waals surface area (Å²) in [4.78, 5) is 0. The smallest absolute Gasteiger partial charge is 0.306 e. The fraction of sp³-hybridized carbons (Fsp3) is 0.250. The van der Waals surface area contributed by atoms with Crippen LogP contribution >= 0.6 is 0 Å². The number of rotatable bonds is 4. The van der Waals surface area contributed by atoms with Gasteiger partial charge in [-0.25, -0.2) is 5.48 Å². The Morgan fingerprint density at radius 3 is 2.36 bits per heavy atom. The van der Waals surface area contributed by atoms with Gasteiger partial charge in [-0.2, -0.15) is 8.42 Å². The van der Waals surface area contributed by atoms with Crippen molar-refractivity contribution in [2.24, 2.45) is 0 Å². The predicted molar refractivity (Wildman–Crippen MR) is 50.5 cm³/mol. The molecule has 1 aromatic carbocycles. The monoisotopic (exact) mass is 217 g/mol. The predicted octanol–water partition coefficient (Wildman–Crippen LogP) is 0.504. The van der Waals surface area contributed by atoms with Gasteiger partial charge in [-0.3, -0.25) is 0 Å². The lowest BCUT2D eigenvalue weighted by atomic mass is 10.2. The van der Waals surface area contributed by atoms with E-state index >= 15 is 0 Å². The number of hydrogen-bond acceptors (Lipinski definition) is 5. The van der Waals surface area contributed by atoms with Gasteiger partial charge in [0.05, 0.1) is 6.26 Å². The van der Waals surface area contributed by atoms with E-state index in [4.69, 9.17) is 5.21 Å². The average Bonchev–Trinajstić information content (AvgIpc) is 2.06. The molecule has 0 saturated carbocycles. The zero-order valence-electron chi connectivity index (χ0n) is 7.60. The van der Waals surface area contributed by atoms with Crippen molar-refractivity contribution in [3.63, 3.8) is 0 Å². The quantitative estimate of drug-likeness (QED) is 0.567. The standard InChI is InChI=1S/C8H11NO4S/c1-14(11,12)13-8-4-2-7(3-5-8)6-9-10/h2-5,9-10H,6H2,1H3. The summed E-state index contributed by atoms with van der Waals surface area (Å²) in [5.41, 5.74) is 2.82. The van der Waals surface area contributed by atoms with Crippen LogP contribution in [0.25, 0.3) is 0 Å². The Labute approximate surface area is 82.4 Å². The fourth-order valence-corrected chi connectivity index (χ4v) is 1.39. The maximum Gasteiger partial charge on any atom is 0.306 e. The molecule has 0 bridgehead atoms. The molecular formula is C8H11NO4S. The highest BCUT2D eigenvalue weighted by molar-refractivity contribution is 7.86. The highest BCUT2D eigenvalue weighted by Gasteiger charge is 2.03. The lowest BCUT2D eigenvalue weighted by molar-refractivity contribution is 0.161. The van der Waals surface area contributed by atoms with Crippen molar-refractivity contribution in [1.29, 1.82) is 0 Å². The maximum atomic E-state index is 10.7. The van der Waals surface area contributed by atoms with Crippen LogP contribution in [0, 0.1) is 0 Å². The van der Waals surface area contributed by atoms with Gasteiger partial charge in [0, 0.05) is 6.54 Å². The molecule has 0 heterocycles. The minimum Gasteiger partial charge on any atom is -0.383 e. The van der Waals surface area contributed by atoms with Crippen LogP contribution in [0.2, 0.25) is 0 Å². The highest BCUT2D eigenvalue weighted by atomic mass is 32.2. The van der Waals surface area contributed by atoms with E-state index in [9.17, 15) is 8.42 Å². The molecular weight excluding hydrogens is 206 g/mol. The largest absolute Gasteiger partial charge is 0.383 e. The number of hydrogen-bond donors (Lipinski definition) is 2. The van der Waals surface area contributed by atoms with E-state index in [1.807, 2.05) is 5.48 Å². The van der Waals surface area contributed by atoms with E-state index < -0.39 is 10.1 Å². The van der Waals surface area contributed by atoms with E-state index in [1.165, 1.54) is 12.1 Å². The van der Waals surface area contributed by atoms with Crippen LogP contribution in [0.4, 0.5) is 0 Å². The third-order valence-electron chi connectivity index (χ3n) is 1.45. The van der Waals surface area contributed by atoms with Crippen molar-refractivity contribution in [1.82, 2.24) is 5.48 Å². The molecule has 0 atom stereocenters. The molecule has 0 fully saturated rings. The van der Waals surface area contributed by atoms with Gasteiger partial charge in [0.1, 0.15) is 5.75 Å². The Morgan fingerprint density at radius 2 is 1.93 bits per heavy atom. The Hall–Kier alpha value is -1.11. The van der Waals surface area contributed by atoms with Crippen molar-refractivity contribution < 1.29 is 17.8 Å². The summed E-state index contributed by atoms with van der Waals surface area (Å²) in [6, 6.07) is 6.36. The second-order valence-corrected chi connectivity index (χ2v) is 4.34. The molecule has 0 radical (unpaired) electrons. The van der Waals surface area contributed by atoms with Crippen LogP contribution in [0.5, 0.6) is 5.75 Å². The average molecular weight is 217 g/mol. The minimum absolute atomic E-state index is 0.259. The van der Waals surface area contributed by atoms with Crippen molar-refractivity contribution in [2.75, 3.05) is 6.26 Å². The van der Waals surface area contributed by atoms with Gasteiger partial charge in [-0.15, -0.1) is 0 Å². The second-order valence-electron chi connectivity index (χ2n) is 2.77. The third-order valence-corrected chi connectivity index (χ3v) is 1.95. The molecule has 0 saturated heterocycles. The zero-order chi connectivity index (χ0) is 10.6. The van der Waals surface area contributed by atoms with E-state index in [0.717, 1.165) is 11.8 Å². The van der Waals surface area contributed by atoms with Gasteiger partial charge >= 0.3 is 10.1 Å². The first-order valence-corrected chi connectivity index (χ1v) is 5.68. The van der Waals surface area contributed by atoms with Crippen molar-refractivity contribution in [3.05, 3.63) is 29.8 Å². The van der Waals surface area contributed by atoms with Crippen LogP contribution in [0.3, 0.4) is 0 Å². The van der Waals surface area contributed by atoms with Crippen LogP contribution in [0.1, 0.15) is 5.56 Å². The molecule has 1 aromatic rings. The van der Waals surface area contributed by atoms with Crippen LogP contribution in [0.15, 0.2) is 24.3 Å². The summed E-state index contributed by atoms with van der Waals surface area (Å²) < 4.78 is 26.1. The molecule has 78 valence electrons. The summed E-state index contributed by atoms with van der Waals surface area (Å²) in [6.07, 6.45) is 0.982. The van der Waals surface area contributed by atoms with Gasteiger partial charge in [-0.1, -0.05) is 12.1 Å². The normalized spacial score (nSPS) is 11.3. The van der Waals surface area contributed by atoms with E-state index in [1.54, 1.807) is 12.1 Å².